The Bertz CT molecular complexity index is 155. The van der Waals surface area contributed by atoms with Crippen LogP contribution in [0, 0.1) is 0 Å². The maximum absolute atomic E-state index is 10.4. The van der Waals surface area contributed by atoms with Crippen molar-refractivity contribution in [1.29, 1.82) is 0 Å². The highest BCUT2D eigenvalue weighted by molar-refractivity contribution is 8.76. The van der Waals surface area contributed by atoms with Gasteiger partial charge in [-0.25, -0.2) is 0 Å². The van der Waals surface area contributed by atoms with Crippen LogP contribution in [-0.2, 0) is 8.98 Å². The Morgan fingerprint density at radius 3 is 2.79 bits per heavy atom. The van der Waals surface area contributed by atoms with E-state index in [4.69, 9.17) is 9.29 Å². The molecule has 1 N–H and O–H groups in total. The first-order chi connectivity index (χ1) is 6.68. The van der Waals surface area contributed by atoms with E-state index in [0.717, 1.165) is 17.8 Å². The number of hydrogen-bond acceptors (Lipinski definition) is 5. The number of aliphatic carboxylic acids is 1. The smallest absolute Gasteiger partial charge is 0.318 e. The third kappa shape index (κ3) is 9.05. The van der Waals surface area contributed by atoms with E-state index in [9.17, 15) is 4.79 Å². The number of rotatable bonds is 9. The molecule has 0 fully saturated rings. The number of unbranched alkanes of at least 4 members (excludes halogenated alkanes) is 1. The first-order valence-electron chi connectivity index (χ1n) is 4.44. The molecule has 0 aromatic carbocycles. The van der Waals surface area contributed by atoms with Crippen LogP contribution in [0.2, 0.25) is 0 Å². The molecular formula is C8H16O3S3. The fraction of sp³-hybridized carbons (Fsp3) is 0.875. The van der Waals surface area contributed by atoms with Gasteiger partial charge in [0.15, 0.2) is 0 Å². The summed E-state index contributed by atoms with van der Waals surface area (Å²) in [5.74, 6) is 0.832. The van der Waals surface area contributed by atoms with Crippen LogP contribution in [-0.4, -0.2) is 28.0 Å². The fourth-order valence-corrected chi connectivity index (χ4v) is 3.01. The predicted molar refractivity (Wildman–Crippen MR) is 65.6 cm³/mol. The second kappa shape index (κ2) is 10.0. The van der Waals surface area contributed by atoms with Crippen molar-refractivity contribution in [2.24, 2.45) is 0 Å². The molecule has 14 heavy (non-hydrogen) atoms. The van der Waals surface area contributed by atoms with Gasteiger partial charge in [-0.3, -0.25) is 4.79 Å². The summed E-state index contributed by atoms with van der Waals surface area (Å²) in [5, 5.41) is 8.05. The highest BCUT2D eigenvalue weighted by Gasteiger charge is 2.11. The third-order valence-corrected chi connectivity index (χ3v) is 4.34. The summed E-state index contributed by atoms with van der Waals surface area (Å²) < 4.78 is 5.11. The minimum absolute atomic E-state index is 0.490. The molecule has 0 bridgehead atoms. The first-order valence-corrected chi connectivity index (χ1v) is 7.73. The Hall–Kier alpha value is 0.480. The quantitative estimate of drug-likeness (QED) is 0.296. The topological polar surface area (TPSA) is 46.5 Å². The highest BCUT2D eigenvalue weighted by Crippen LogP contribution is 2.25. The summed E-state index contributed by atoms with van der Waals surface area (Å²) in [7, 11) is 3.40. The maximum Gasteiger partial charge on any atom is 0.318 e. The maximum atomic E-state index is 10.4. The second-order valence-corrected chi connectivity index (χ2v) is 6.27. The number of carboxylic acids is 1. The van der Waals surface area contributed by atoms with Gasteiger partial charge in [0.1, 0.15) is 11.2 Å². The van der Waals surface area contributed by atoms with Gasteiger partial charge >= 0.3 is 5.97 Å². The largest absolute Gasteiger partial charge is 0.480 e. The average Bonchev–Trinajstić information content (AvgIpc) is 2.16. The molecule has 0 amide bonds. The summed E-state index contributed by atoms with van der Waals surface area (Å²) in [6.07, 6.45) is 2.43. The van der Waals surface area contributed by atoms with Gasteiger partial charge in [0.2, 0.25) is 0 Å². The molecule has 0 aliphatic carbocycles. The molecule has 0 aromatic rings. The van der Waals surface area contributed by atoms with Crippen molar-refractivity contribution in [1.82, 2.24) is 0 Å². The normalized spacial score (nSPS) is 12.7. The van der Waals surface area contributed by atoms with Crippen molar-refractivity contribution in [3.63, 3.8) is 0 Å². The van der Waals surface area contributed by atoms with Crippen LogP contribution >= 0.6 is 33.6 Å². The van der Waals surface area contributed by atoms with Gasteiger partial charge < -0.3 is 9.29 Å². The zero-order chi connectivity index (χ0) is 10.8. The Labute approximate surface area is 97.3 Å². The highest BCUT2D eigenvalue weighted by atomic mass is 33.1. The molecule has 84 valence electrons. The van der Waals surface area contributed by atoms with Crippen LogP contribution in [0.4, 0.5) is 0 Å². The first kappa shape index (κ1) is 14.5. The van der Waals surface area contributed by atoms with E-state index in [1.807, 2.05) is 0 Å². The monoisotopic (exact) mass is 256 g/mol. The SMILES string of the molecule is CCCCSSCOSC(C)C(=O)O. The molecule has 0 saturated carbocycles. The van der Waals surface area contributed by atoms with Crippen molar-refractivity contribution < 1.29 is 14.1 Å². The molecule has 0 radical (unpaired) electrons. The molecule has 0 aliphatic heterocycles. The van der Waals surface area contributed by atoms with E-state index in [2.05, 4.69) is 6.92 Å². The van der Waals surface area contributed by atoms with E-state index in [0.29, 0.717) is 5.94 Å². The fourth-order valence-electron chi connectivity index (χ4n) is 0.487. The molecular weight excluding hydrogens is 240 g/mol. The third-order valence-electron chi connectivity index (χ3n) is 1.32. The number of carboxylic acid groups (broad SMARTS) is 1. The zero-order valence-corrected chi connectivity index (χ0v) is 10.8. The molecule has 0 saturated heterocycles. The van der Waals surface area contributed by atoms with Gasteiger partial charge in [0.25, 0.3) is 0 Å². The minimum Gasteiger partial charge on any atom is -0.480 e. The van der Waals surface area contributed by atoms with E-state index < -0.39 is 11.2 Å². The number of hydrogen-bond donors (Lipinski definition) is 1. The predicted octanol–water partition coefficient (Wildman–Crippen LogP) is 3.26. The van der Waals surface area contributed by atoms with Gasteiger partial charge in [-0.2, -0.15) is 0 Å². The van der Waals surface area contributed by atoms with E-state index in [-0.39, 0.29) is 0 Å². The molecule has 0 rings (SSSR count). The van der Waals surface area contributed by atoms with Crippen LogP contribution in [0.1, 0.15) is 26.7 Å². The van der Waals surface area contributed by atoms with E-state index in [1.54, 1.807) is 28.5 Å². The molecule has 0 aromatic heterocycles. The van der Waals surface area contributed by atoms with Gasteiger partial charge in [-0.1, -0.05) is 34.9 Å². The minimum atomic E-state index is -0.835. The lowest BCUT2D eigenvalue weighted by atomic mass is 10.4. The average molecular weight is 256 g/mol. The second-order valence-electron chi connectivity index (χ2n) is 2.61. The summed E-state index contributed by atoms with van der Waals surface area (Å²) in [6, 6.07) is 0. The van der Waals surface area contributed by atoms with Crippen molar-refractivity contribution in [3.05, 3.63) is 0 Å². The van der Waals surface area contributed by atoms with Crippen molar-refractivity contribution in [2.75, 3.05) is 11.7 Å². The zero-order valence-electron chi connectivity index (χ0n) is 8.39. The molecule has 0 aliphatic rings. The molecule has 6 heteroatoms. The molecule has 3 nitrogen and oxygen atoms in total. The molecule has 0 spiro atoms. The lowest BCUT2D eigenvalue weighted by molar-refractivity contribution is -0.136. The summed E-state index contributed by atoms with van der Waals surface area (Å²) in [6.45, 7) is 3.77. The van der Waals surface area contributed by atoms with Crippen molar-refractivity contribution in [3.8, 4) is 0 Å². The molecule has 0 heterocycles. The Morgan fingerprint density at radius 1 is 1.50 bits per heavy atom. The molecule has 1 unspecified atom stereocenters. The summed E-state index contributed by atoms with van der Waals surface area (Å²) >= 11 is 1.01. The lowest BCUT2D eigenvalue weighted by Crippen LogP contribution is -2.11. The van der Waals surface area contributed by atoms with Gasteiger partial charge in [-0.15, -0.1) is 0 Å². The van der Waals surface area contributed by atoms with Crippen molar-refractivity contribution >= 4 is 39.6 Å². The van der Waals surface area contributed by atoms with Crippen LogP contribution in [0.5, 0.6) is 0 Å². The van der Waals surface area contributed by atoms with Gasteiger partial charge in [0.05, 0.1) is 0 Å². The Balaban J connectivity index is 3.09. The van der Waals surface area contributed by atoms with Gasteiger partial charge in [0, 0.05) is 17.8 Å². The summed E-state index contributed by atoms with van der Waals surface area (Å²) in [5.41, 5.74) is 0. The van der Waals surface area contributed by atoms with Crippen LogP contribution < -0.4 is 0 Å². The standard InChI is InChI=1S/C8H16O3S3/c1-3-4-5-12-13-6-11-14-7(2)8(9)10/h7H,3-6H2,1-2H3,(H,9,10). The van der Waals surface area contributed by atoms with Crippen LogP contribution in [0.25, 0.3) is 0 Å². The van der Waals surface area contributed by atoms with Crippen molar-refractivity contribution in [2.45, 2.75) is 31.9 Å². The van der Waals surface area contributed by atoms with E-state index in [1.165, 1.54) is 12.8 Å². The Kier molecular flexibility index (Phi) is 10.4. The van der Waals surface area contributed by atoms with Gasteiger partial charge in [-0.05, 0) is 13.3 Å². The molecule has 1 atom stereocenters. The summed E-state index contributed by atoms with van der Waals surface area (Å²) in [4.78, 5) is 10.4. The van der Waals surface area contributed by atoms with Crippen LogP contribution in [0.15, 0.2) is 0 Å². The Morgan fingerprint density at radius 2 is 2.21 bits per heavy atom. The van der Waals surface area contributed by atoms with Crippen LogP contribution in [0.3, 0.4) is 0 Å². The van der Waals surface area contributed by atoms with E-state index >= 15 is 0 Å². The lowest BCUT2D eigenvalue weighted by Gasteiger charge is -2.05. The number of carbonyl (C=O) groups is 1.